The number of allylic oxidation sites excluding steroid dienone is 1. The first-order valence-electron chi connectivity index (χ1n) is 10.8. The number of phenols is 1. The van der Waals surface area contributed by atoms with Gasteiger partial charge in [0.25, 0.3) is 0 Å². The van der Waals surface area contributed by atoms with Crippen LogP contribution in [0.1, 0.15) is 81.8 Å². The molecule has 0 bridgehead atoms. The summed E-state index contributed by atoms with van der Waals surface area (Å²) < 4.78 is 12.0. The smallest absolute Gasteiger partial charge is 0.347 e. The van der Waals surface area contributed by atoms with E-state index < -0.39 is 12.1 Å². The summed E-state index contributed by atoms with van der Waals surface area (Å²) in [4.78, 5) is 24.6. The van der Waals surface area contributed by atoms with Gasteiger partial charge in [0, 0.05) is 30.1 Å². The van der Waals surface area contributed by atoms with Crippen LogP contribution in [0.3, 0.4) is 0 Å². The Kier molecular flexibility index (Phi) is 10.7. The van der Waals surface area contributed by atoms with Crippen molar-refractivity contribution < 1.29 is 29.3 Å². The highest BCUT2D eigenvalue weighted by molar-refractivity contribution is 9.10. The van der Waals surface area contributed by atoms with Crippen molar-refractivity contribution in [3.63, 3.8) is 0 Å². The summed E-state index contributed by atoms with van der Waals surface area (Å²) in [5, 5.41) is 18.3. The molecule has 174 valence electrons. The van der Waals surface area contributed by atoms with Crippen LogP contribution in [0.4, 0.5) is 0 Å². The molecule has 0 saturated carbocycles. The van der Waals surface area contributed by atoms with E-state index in [4.69, 9.17) is 14.6 Å². The molecule has 1 aromatic rings. The third kappa shape index (κ3) is 6.10. The lowest BCUT2D eigenvalue weighted by atomic mass is 9.86. The minimum Gasteiger partial charge on any atom is -0.506 e. The van der Waals surface area contributed by atoms with Crippen molar-refractivity contribution in [1.82, 2.24) is 0 Å². The Morgan fingerprint density at radius 1 is 1.10 bits per heavy atom. The Labute approximate surface area is 193 Å². The molecule has 1 aliphatic carbocycles. The second kappa shape index (κ2) is 12.2. The summed E-state index contributed by atoms with van der Waals surface area (Å²) in [6.07, 6.45) is 3.11. The number of aromatic hydroxyl groups is 1. The van der Waals surface area contributed by atoms with E-state index in [0.717, 1.165) is 12.8 Å². The number of carbonyl (C=O) groups is 2. The van der Waals surface area contributed by atoms with Crippen LogP contribution in [0.15, 0.2) is 15.8 Å². The van der Waals surface area contributed by atoms with E-state index in [1.807, 2.05) is 6.92 Å². The van der Waals surface area contributed by atoms with Crippen molar-refractivity contribution in [1.29, 1.82) is 0 Å². The first kappa shape index (κ1) is 27.2. The van der Waals surface area contributed by atoms with Gasteiger partial charge >= 0.3 is 5.97 Å². The molecule has 2 aliphatic rings. The van der Waals surface area contributed by atoms with Gasteiger partial charge in [0.05, 0.1) is 4.47 Å². The zero-order valence-electron chi connectivity index (χ0n) is 19.6. The van der Waals surface area contributed by atoms with Crippen LogP contribution >= 0.6 is 15.9 Å². The summed E-state index contributed by atoms with van der Waals surface area (Å²) >= 11 is 3.29. The molecule has 2 atom stereocenters. The predicted octanol–water partition coefficient (Wildman–Crippen LogP) is 5.77. The molecule has 7 heteroatoms. The topological polar surface area (TPSA) is 93.1 Å². The number of phenolic OH excluding ortho intramolecular Hbond substituents is 1. The van der Waals surface area contributed by atoms with Crippen LogP contribution in [0, 0.1) is 19.8 Å². The molecule has 3 rings (SSSR count). The fraction of sp³-hybridized carbons (Fsp3) is 0.583. The molecule has 0 saturated heterocycles. The second-order valence-electron chi connectivity index (χ2n) is 7.92. The Morgan fingerprint density at radius 3 is 2.16 bits per heavy atom. The lowest BCUT2D eigenvalue weighted by molar-refractivity contribution is -0.118. The Balaban J connectivity index is 0.000000519. The first-order valence-corrected chi connectivity index (χ1v) is 11.6. The minimum atomic E-state index is -0.569. The lowest BCUT2D eigenvalue weighted by Gasteiger charge is -2.29. The molecule has 1 aliphatic heterocycles. The average Bonchev–Trinajstić information content (AvgIpc) is 2.88. The van der Waals surface area contributed by atoms with E-state index in [1.165, 1.54) is 6.42 Å². The van der Waals surface area contributed by atoms with E-state index in [9.17, 15) is 14.7 Å². The number of fused-ring (bicyclic) bond motifs is 2. The summed E-state index contributed by atoms with van der Waals surface area (Å²) in [5.74, 6) is -0.0848. The average molecular weight is 499 g/mol. The summed E-state index contributed by atoms with van der Waals surface area (Å²) in [5.41, 5.74) is 1.72. The molecule has 2 unspecified atom stereocenters. The normalized spacial score (nSPS) is 19.5. The molecule has 2 N–H and O–H groups in total. The number of unbranched alkanes of at least 4 members (excludes halogenated alkanes) is 1. The highest BCUT2D eigenvalue weighted by Gasteiger charge is 2.41. The van der Waals surface area contributed by atoms with Gasteiger partial charge in [-0.15, -0.1) is 0 Å². The molecule has 1 aromatic carbocycles. The molecule has 0 radical (unpaired) electrons. The molecule has 31 heavy (non-hydrogen) atoms. The van der Waals surface area contributed by atoms with Crippen molar-refractivity contribution in [3.8, 4) is 11.5 Å². The maximum atomic E-state index is 12.6. The van der Waals surface area contributed by atoms with Gasteiger partial charge in [-0.05, 0) is 48.7 Å². The van der Waals surface area contributed by atoms with Crippen LogP contribution < -0.4 is 4.74 Å². The molecular weight excluding hydrogens is 464 g/mol. The number of carbonyl (C=O) groups excluding carboxylic acids is 2. The van der Waals surface area contributed by atoms with Gasteiger partial charge < -0.3 is 19.7 Å². The fourth-order valence-electron chi connectivity index (χ4n) is 3.21. The molecule has 0 fully saturated rings. The van der Waals surface area contributed by atoms with Crippen molar-refractivity contribution in [2.75, 3.05) is 6.61 Å². The van der Waals surface area contributed by atoms with Crippen molar-refractivity contribution >= 4 is 27.7 Å². The zero-order chi connectivity index (χ0) is 23.9. The van der Waals surface area contributed by atoms with Crippen molar-refractivity contribution in [3.05, 3.63) is 32.5 Å². The highest BCUT2D eigenvalue weighted by atomic mass is 79.9. The third-order valence-corrected chi connectivity index (χ3v) is 6.04. The molecular formula is C24H35BrO6. The number of esters is 1. The molecule has 6 nitrogen and oxygen atoms in total. The standard InChI is InChI=1S/C17H17BrO5.C4H10O.C3H8/c1-6-5-10(19)7(2)16-14(6)22-15-9(4)13(20)12(18)8(3)11(15)17(21)23-16;1-2-3-4-5;1-3-2/h6,14,20H,5H2,1-4H3;5H,2-4H2,1H3;3H2,1-2H3. The number of hydrogen-bond acceptors (Lipinski definition) is 6. The third-order valence-electron chi connectivity index (χ3n) is 5.07. The largest absolute Gasteiger partial charge is 0.506 e. The number of aliphatic hydroxyl groups is 1. The van der Waals surface area contributed by atoms with E-state index in [2.05, 4.69) is 36.7 Å². The maximum absolute atomic E-state index is 12.6. The number of benzene rings is 1. The lowest BCUT2D eigenvalue weighted by Crippen LogP contribution is -2.35. The summed E-state index contributed by atoms with van der Waals surface area (Å²) in [6, 6.07) is 0. The van der Waals surface area contributed by atoms with Crippen LogP contribution in [0.2, 0.25) is 0 Å². The number of halogens is 1. The molecule has 0 amide bonds. The number of ketones is 1. The monoisotopic (exact) mass is 498 g/mol. The number of hydrogen-bond donors (Lipinski definition) is 2. The summed E-state index contributed by atoms with van der Waals surface area (Å²) in [7, 11) is 0. The van der Waals surface area contributed by atoms with Crippen LogP contribution in [0.25, 0.3) is 0 Å². The van der Waals surface area contributed by atoms with Crippen LogP contribution in [0.5, 0.6) is 11.5 Å². The van der Waals surface area contributed by atoms with Gasteiger partial charge in [0.1, 0.15) is 17.1 Å². The maximum Gasteiger partial charge on any atom is 0.347 e. The number of Topliss-reactive ketones (excluding diaryl/α,β-unsaturated/α-hetero) is 1. The number of rotatable bonds is 2. The Hall–Kier alpha value is -1.86. The molecule has 1 heterocycles. The highest BCUT2D eigenvalue weighted by Crippen LogP contribution is 2.45. The predicted molar refractivity (Wildman–Crippen MR) is 125 cm³/mol. The van der Waals surface area contributed by atoms with E-state index in [0.29, 0.717) is 39.9 Å². The fourth-order valence-corrected chi connectivity index (χ4v) is 3.71. The Bertz CT molecular complexity index is 841. The van der Waals surface area contributed by atoms with Crippen LogP contribution in [-0.4, -0.2) is 34.7 Å². The van der Waals surface area contributed by atoms with Gasteiger partial charge in [0.2, 0.25) is 0 Å². The van der Waals surface area contributed by atoms with Crippen molar-refractivity contribution in [2.45, 2.75) is 80.3 Å². The summed E-state index contributed by atoms with van der Waals surface area (Å²) in [6.45, 7) is 13.6. The molecule has 0 spiro atoms. The van der Waals surface area contributed by atoms with Gasteiger partial charge in [-0.2, -0.15) is 0 Å². The molecule has 0 aromatic heterocycles. The van der Waals surface area contributed by atoms with Crippen molar-refractivity contribution in [2.24, 2.45) is 5.92 Å². The minimum absolute atomic E-state index is 0.0384. The number of ether oxygens (including phenoxy) is 2. The first-order chi connectivity index (χ1) is 14.6. The van der Waals surface area contributed by atoms with E-state index in [1.54, 1.807) is 20.8 Å². The van der Waals surface area contributed by atoms with Gasteiger partial charge in [-0.25, -0.2) is 4.79 Å². The SMILES string of the molecule is CC1=C2OC(=O)c3c(C)c(Br)c(O)c(C)c3OC2C(C)CC1=O.CCC.CCCCO. The van der Waals surface area contributed by atoms with Gasteiger partial charge in [-0.1, -0.05) is 40.5 Å². The van der Waals surface area contributed by atoms with Gasteiger partial charge in [0.15, 0.2) is 17.6 Å². The number of aliphatic hydroxyl groups excluding tert-OH is 1. The van der Waals surface area contributed by atoms with Gasteiger partial charge in [-0.3, -0.25) is 4.79 Å². The van der Waals surface area contributed by atoms with Crippen LogP contribution in [-0.2, 0) is 9.53 Å². The quantitative estimate of drug-likeness (QED) is 0.502. The Morgan fingerprint density at radius 2 is 1.68 bits per heavy atom. The van der Waals surface area contributed by atoms with E-state index >= 15 is 0 Å². The zero-order valence-corrected chi connectivity index (χ0v) is 21.2. The van der Waals surface area contributed by atoms with E-state index in [-0.39, 0.29) is 28.8 Å². The second-order valence-corrected chi connectivity index (χ2v) is 8.72.